The lowest BCUT2D eigenvalue weighted by atomic mass is 10.2. The number of hydrogen-bond acceptors (Lipinski definition) is 2. The molecule has 0 aromatic heterocycles. The fourth-order valence-electron chi connectivity index (χ4n) is 1.57. The van der Waals surface area contributed by atoms with Crippen LogP contribution < -0.4 is 10.6 Å². The summed E-state index contributed by atoms with van der Waals surface area (Å²) in [6.07, 6.45) is 2.07. The van der Waals surface area contributed by atoms with Gasteiger partial charge in [-0.15, -0.1) is 0 Å². The van der Waals surface area contributed by atoms with Crippen molar-refractivity contribution >= 4 is 50.3 Å². The number of carbonyl (C=O) groups excluding carboxylic acids is 2. The first-order chi connectivity index (χ1) is 8.97. The maximum absolute atomic E-state index is 12.1. The summed E-state index contributed by atoms with van der Waals surface area (Å²) in [4.78, 5) is 23.9. The van der Waals surface area contributed by atoms with Crippen LogP contribution in [0.5, 0.6) is 0 Å². The molecule has 0 spiro atoms. The molecule has 1 aromatic carbocycles. The minimum absolute atomic E-state index is 0.127. The fraction of sp³-hybridized carbons (Fsp3) is 0.385. The second-order valence-corrected chi connectivity index (χ2v) is 6.70. The molecule has 19 heavy (non-hydrogen) atoms. The predicted octanol–water partition coefficient (Wildman–Crippen LogP) is 2.45. The molecule has 1 fully saturated rings. The maximum atomic E-state index is 12.1. The van der Waals surface area contributed by atoms with E-state index in [2.05, 4.69) is 49.2 Å². The van der Waals surface area contributed by atoms with Gasteiger partial charge in [-0.1, -0.05) is 0 Å². The van der Waals surface area contributed by atoms with E-state index in [0.717, 1.165) is 20.9 Å². The quantitative estimate of drug-likeness (QED) is 0.712. The van der Waals surface area contributed by atoms with Crippen LogP contribution in [0.15, 0.2) is 22.7 Å². The molecule has 1 saturated carbocycles. The molecule has 0 aliphatic heterocycles. The van der Waals surface area contributed by atoms with Gasteiger partial charge in [0.15, 0.2) is 0 Å². The van der Waals surface area contributed by atoms with E-state index in [4.69, 9.17) is 0 Å². The van der Waals surface area contributed by atoms with Crippen LogP contribution in [0.2, 0.25) is 0 Å². The lowest BCUT2D eigenvalue weighted by Gasteiger charge is -2.14. The molecular weight excluding hydrogens is 423 g/mol. The van der Waals surface area contributed by atoms with Crippen molar-refractivity contribution in [2.24, 2.45) is 0 Å². The zero-order valence-electron chi connectivity index (χ0n) is 10.4. The highest BCUT2D eigenvalue weighted by Crippen LogP contribution is 2.20. The summed E-state index contributed by atoms with van der Waals surface area (Å²) in [6.45, 7) is 1.69. The van der Waals surface area contributed by atoms with Crippen molar-refractivity contribution in [3.05, 3.63) is 31.8 Å². The van der Waals surface area contributed by atoms with Gasteiger partial charge in [-0.2, -0.15) is 0 Å². The number of amides is 2. The highest BCUT2D eigenvalue weighted by molar-refractivity contribution is 14.1. The number of benzene rings is 1. The average molecular weight is 437 g/mol. The van der Waals surface area contributed by atoms with Gasteiger partial charge in [0.2, 0.25) is 5.91 Å². The molecule has 6 heteroatoms. The van der Waals surface area contributed by atoms with Crippen LogP contribution in [-0.4, -0.2) is 23.9 Å². The highest BCUT2D eigenvalue weighted by atomic mass is 127. The van der Waals surface area contributed by atoms with E-state index in [-0.39, 0.29) is 11.8 Å². The van der Waals surface area contributed by atoms with Crippen LogP contribution in [0.4, 0.5) is 0 Å². The Kier molecular flexibility index (Phi) is 4.83. The summed E-state index contributed by atoms with van der Waals surface area (Å²) >= 11 is 5.49. The van der Waals surface area contributed by atoms with Crippen LogP contribution in [0.1, 0.15) is 30.1 Å². The van der Waals surface area contributed by atoms with Gasteiger partial charge in [0.25, 0.3) is 5.91 Å². The first-order valence-electron chi connectivity index (χ1n) is 6.03. The first-order valence-corrected chi connectivity index (χ1v) is 7.91. The summed E-state index contributed by atoms with van der Waals surface area (Å²) in [7, 11) is 0. The van der Waals surface area contributed by atoms with Crippen LogP contribution in [0.3, 0.4) is 0 Å². The third-order valence-electron chi connectivity index (χ3n) is 2.84. The van der Waals surface area contributed by atoms with Gasteiger partial charge in [0, 0.05) is 14.1 Å². The Balaban J connectivity index is 1.99. The molecule has 0 heterocycles. The minimum atomic E-state index is -0.530. The van der Waals surface area contributed by atoms with E-state index in [1.54, 1.807) is 13.0 Å². The SMILES string of the molecule is CC(NC(=O)c1cc(I)ccc1Br)C(=O)NC1CC1. The number of rotatable bonds is 4. The molecular formula is C13H14BrIN2O2. The molecule has 0 bridgehead atoms. The third kappa shape index (κ3) is 4.17. The van der Waals surface area contributed by atoms with Crippen molar-refractivity contribution in [2.75, 3.05) is 0 Å². The molecule has 1 unspecified atom stereocenters. The van der Waals surface area contributed by atoms with E-state index in [1.165, 1.54) is 0 Å². The molecule has 1 aliphatic carbocycles. The Morgan fingerprint density at radius 1 is 1.42 bits per heavy atom. The Labute approximate surface area is 134 Å². The molecule has 4 nitrogen and oxygen atoms in total. The Morgan fingerprint density at radius 2 is 2.11 bits per heavy atom. The molecule has 2 amide bonds. The van der Waals surface area contributed by atoms with Crippen molar-refractivity contribution in [3.8, 4) is 0 Å². The summed E-state index contributed by atoms with van der Waals surface area (Å²) in [6, 6.07) is 5.29. The molecule has 1 aliphatic rings. The van der Waals surface area contributed by atoms with Gasteiger partial charge >= 0.3 is 0 Å². The minimum Gasteiger partial charge on any atom is -0.352 e. The normalized spacial score (nSPS) is 15.7. The second-order valence-electron chi connectivity index (χ2n) is 4.60. The van der Waals surface area contributed by atoms with Crippen LogP contribution >= 0.6 is 38.5 Å². The summed E-state index contributed by atoms with van der Waals surface area (Å²) < 4.78 is 1.70. The number of carbonyl (C=O) groups is 2. The van der Waals surface area contributed by atoms with Crippen molar-refractivity contribution in [1.82, 2.24) is 10.6 Å². The van der Waals surface area contributed by atoms with E-state index in [9.17, 15) is 9.59 Å². The number of halogens is 2. The average Bonchev–Trinajstić information content (AvgIpc) is 3.15. The number of hydrogen-bond donors (Lipinski definition) is 2. The van der Waals surface area contributed by atoms with Crippen molar-refractivity contribution < 1.29 is 9.59 Å². The number of nitrogens with one attached hydrogen (secondary N) is 2. The van der Waals surface area contributed by atoms with Gasteiger partial charge in [-0.25, -0.2) is 0 Å². The van der Waals surface area contributed by atoms with E-state index < -0.39 is 6.04 Å². The van der Waals surface area contributed by atoms with E-state index in [1.807, 2.05) is 12.1 Å². The predicted molar refractivity (Wildman–Crippen MR) is 85.0 cm³/mol. The first kappa shape index (κ1) is 14.8. The Bertz CT molecular complexity index is 517. The maximum Gasteiger partial charge on any atom is 0.253 e. The molecule has 2 N–H and O–H groups in total. The summed E-state index contributed by atoms with van der Waals surface area (Å²) in [5, 5.41) is 5.58. The Hall–Kier alpha value is -0.630. The van der Waals surface area contributed by atoms with E-state index in [0.29, 0.717) is 11.6 Å². The van der Waals surface area contributed by atoms with Crippen molar-refractivity contribution in [1.29, 1.82) is 0 Å². The lowest BCUT2D eigenvalue weighted by molar-refractivity contribution is -0.122. The lowest BCUT2D eigenvalue weighted by Crippen LogP contribution is -2.45. The summed E-state index contributed by atoms with van der Waals surface area (Å²) in [5.41, 5.74) is 0.540. The van der Waals surface area contributed by atoms with Gasteiger partial charge in [-0.3, -0.25) is 9.59 Å². The van der Waals surface area contributed by atoms with Crippen LogP contribution in [-0.2, 0) is 4.79 Å². The monoisotopic (exact) mass is 436 g/mol. The molecule has 1 atom stereocenters. The van der Waals surface area contributed by atoms with E-state index >= 15 is 0 Å². The van der Waals surface area contributed by atoms with Crippen molar-refractivity contribution in [2.45, 2.75) is 31.8 Å². The van der Waals surface area contributed by atoms with Gasteiger partial charge in [0.05, 0.1) is 5.56 Å². The molecule has 2 rings (SSSR count). The van der Waals surface area contributed by atoms with Crippen molar-refractivity contribution in [3.63, 3.8) is 0 Å². The fourth-order valence-corrected chi connectivity index (χ4v) is 2.48. The standard InChI is InChI=1S/C13H14BrIN2O2/c1-7(12(18)17-9-3-4-9)16-13(19)10-6-8(15)2-5-11(10)14/h2,5-7,9H,3-4H2,1H3,(H,16,19)(H,17,18). The molecule has 102 valence electrons. The molecule has 0 saturated heterocycles. The topological polar surface area (TPSA) is 58.2 Å². The second kappa shape index (κ2) is 6.21. The molecule has 0 radical (unpaired) electrons. The van der Waals surface area contributed by atoms with Gasteiger partial charge in [-0.05, 0) is 76.5 Å². The Morgan fingerprint density at radius 3 is 2.74 bits per heavy atom. The third-order valence-corrected chi connectivity index (χ3v) is 4.20. The zero-order chi connectivity index (χ0) is 14.0. The zero-order valence-corrected chi connectivity index (χ0v) is 14.1. The highest BCUT2D eigenvalue weighted by Gasteiger charge is 2.26. The van der Waals surface area contributed by atoms with Gasteiger partial charge < -0.3 is 10.6 Å². The largest absolute Gasteiger partial charge is 0.352 e. The van der Waals surface area contributed by atoms with Gasteiger partial charge in [0.1, 0.15) is 6.04 Å². The molecule has 1 aromatic rings. The van der Waals surface area contributed by atoms with Crippen LogP contribution in [0, 0.1) is 3.57 Å². The summed E-state index contributed by atoms with van der Waals surface area (Å²) in [5.74, 6) is -0.374. The van der Waals surface area contributed by atoms with Crippen LogP contribution in [0.25, 0.3) is 0 Å². The smallest absolute Gasteiger partial charge is 0.253 e.